The van der Waals surface area contributed by atoms with Crippen molar-refractivity contribution in [1.82, 2.24) is 0 Å². The number of hydrogen-bond acceptors (Lipinski definition) is 3. The second-order valence-electron chi connectivity index (χ2n) is 3.63. The van der Waals surface area contributed by atoms with E-state index >= 15 is 0 Å². The van der Waals surface area contributed by atoms with E-state index in [4.69, 9.17) is 14.6 Å². The highest BCUT2D eigenvalue weighted by Crippen LogP contribution is 2.30. The van der Waals surface area contributed by atoms with Gasteiger partial charge in [0.25, 0.3) is 0 Å². The van der Waals surface area contributed by atoms with Crippen molar-refractivity contribution in [2.45, 2.75) is 20.0 Å². The maximum absolute atomic E-state index is 11.0. The number of carboxylic acids is 1. The Morgan fingerprint density at radius 3 is 2.25 bits per heavy atom. The van der Waals surface area contributed by atoms with E-state index in [0.717, 1.165) is 11.1 Å². The smallest absolute Gasteiger partial charge is 0.337 e. The van der Waals surface area contributed by atoms with Gasteiger partial charge in [0.05, 0.1) is 7.11 Å². The third kappa shape index (κ3) is 2.33. The van der Waals surface area contributed by atoms with E-state index in [-0.39, 0.29) is 0 Å². The molecule has 0 aliphatic carbocycles. The van der Waals surface area contributed by atoms with E-state index in [1.165, 1.54) is 14.2 Å². The highest BCUT2D eigenvalue weighted by Gasteiger charge is 2.23. The summed E-state index contributed by atoms with van der Waals surface area (Å²) >= 11 is 0. The number of hydrogen-bond donors (Lipinski definition) is 1. The predicted molar refractivity (Wildman–Crippen MR) is 59.9 cm³/mol. The van der Waals surface area contributed by atoms with Crippen molar-refractivity contribution in [2.24, 2.45) is 0 Å². The summed E-state index contributed by atoms with van der Waals surface area (Å²) in [5.41, 5.74) is 2.61. The summed E-state index contributed by atoms with van der Waals surface area (Å²) in [5, 5.41) is 9.03. The van der Waals surface area contributed by atoms with Crippen molar-refractivity contribution >= 4 is 5.97 Å². The molecule has 1 N–H and O–H groups in total. The summed E-state index contributed by atoms with van der Waals surface area (Å²) in [5.74, 6) is -0.485. The van der Waals surface area contributed by atoms with Gasteiger partial charge in [-0.1, -0.05) is 0 Å². The number of aliphatic carboxylic acids is 1. The second-order valence-corrected chi connectivity index (χ2v) is 3.63. The summed E-state index contributed by atoms with van der Waals surface area (Å²) in [6, 6.07) is 3.61. The lowest BCUT2D eigenvalue weighted by molar-refractivity contribution is -0.149. The van der Waals surface area contributed by atoms with Crippen LogP contribution in [0.1, 0.15) is 22.8 Å². The van der Waals surface area contributed by atoms with Crippen molar-refractivity contribution in [2.75, 3.05) is 14.2 Å². The highest BCUT2D eigenvalue weighted by atomic mass is 16.5. The quantitative estimate of drug-likeness (QED) is 0.850. The standard InChI is InChI=1S/C12H16O4/c1-7-5-9(11(16-4)12(13)14)10(15-3)6-8(7)2/h5-6,11H,1-4H3,(H,13,14). The molecule has 0 aliphatic rings. The number of carbonyl (C=O) groups is 1. The Morgan fingerprint density at radius 1 is 1.25 bits per heavy atom. The van der Waals surface area contributed by atoms with E-state index in [1.54, 1.807) is 6.07 Å². The number of carboxylic acid groups (broad SMARTS) is 1. The Kier molecular flexibility index (Phi) is 3.90. The topological polar surface area (TPSA) is 55.8 Å². The van der Waals surface area contributed by atoms with Crippen LogP contribution in [0.5, 0.6) is 5.75 Å². The molecule has 0 bridgehead atoms. The van der Waals surface area contributed by atoms with Crippen LogP contribution in [-0.4, -0.2) is 25.3 Å². The minimum Gasteiger partial charge on any atom is -0.496 e. The molecular weight excluding hydrogens is 208 g/mol. The van der Waals surface area contributed by atoms with E-state index in [1.807, 2.05) is 19.9 Å². The average molecular weight is 224 g/mol. The molecule has 1 unspecified atom stereocenters. The molecule has 4 heteroatoms. The number of benzene rings is 1. The molecule has 88 valence electrons. The van der Waals surface area contributed by atoms with Gasteiger partial charge in [-0.25, -0.2) is 4.79 Å². The first-order valence-corrected chi connectivity index (χ1v) is 4.92. The molecule has 0 spiro atoms. The van der Waals surface area contributed by atoms with Crippen LogP contribution in [-0.2, 0) is 9.53 Å². The minimum atomic E-state index is -1.02. The lowest BCUT2D eigenvalue weighted by Gasteiger charge is -2.16. The third-order valence-electron chi connectivity index (χ3n) is 2.59. The lowest BCUT2D eigenvalue weighted by atomic mass is 10.0. The highest BCUT2D eigenvalue weighted by molar-refractivity contribution is 5.75. The Morgan fingerprint density at radius 2 is 1.81 bits per heavy atom. The first-order valence-electron chi connectivity index (χ1n) is 4.92. The molecule has 1 aromatic carbocycles. The molecular formula is C12H16O4. The molecule has 1 rings (SSSR count). The number of aryl methyl sites for hydroxylation is 2. The molecule has 0 radical (unpaired) electrons. The fourth-order valence-corrected chi connectivity index (χ4v) is 1.55. The second kappa shape index (κ2) is 4.99. The van der Waals surface area contributed by atoms with Gasteiger partial charge in [-0.15, -0.1) is 0 Å². The van der Waals surface area contributed by atoms with Gasteiger partial charge in [0.15, 0.2) is 6.10 Å². The fraction of sp³-hybridized carbons (Fsp3) is 0.417. The van der Waals surface area contributed by atoms with Crippen LogP contribution in [0.4, 0.5) is 0 Å². The van der Waals surface area contributed by atoms with Gasteiger partial charge in [0.1, 0.15) is 5.75 Å². The molecule has 16 heavy (non-hydrogen) atoms. The van der Waals surface area contributed by atoms with Crippen LogP contribution in [0.2, 0.25) is 0 Å². The van der Waals surface area contributed by atoms with Crippen molar-refractivity contribution in [3.05, 3.63) is 28.8 Å². The lowest BCUT2D eigenvalue weighted by Crippen LogP contribution is -2.15. The first-order chi connectivity index (χ1) is 7.51. The SMILES string of the molecule is COc1cc(C)c(C)cc1C(OC)C(=O)O. The Balaban J connectivity index is 3.30. The van der Waals surface area contributed by atoms with Crippen LogP contribution in [0.15, 0.2) is 12.1 Å². The maximum atomic E-state index is 11.0. The molecule has 0 saturated carbocycles. The van der Waals surface area contributed by atoms with Crippen LogP contribution in [0.25, 0.3) is 0 Å². The Labute approximate surface area is 94.8 Å². The molecule has 4 nitrogen and oxygen atoms in total. The zero-order valence-corrected chi connectivity index (χ0v) is 9.90. The monoisotopic (exact) mass is 224 g/mol. The Hall–Kier alpha value is -1.55. The van der Waals surface area contributed by atoms with Crippen molar-refractivity contribution in [3.8, 4) is 5.75 Å². The van der Waals surface area contributed by atoms with Gasteiger partial charge >= 0.3 is 5.97 Å². The summed E-state index contributed by atoms with van der Waals surface area (Å²) in [4.78, 5) is 11.0. The zero-order chi connectivity index (χ0) is 12.3. The molecule has 1 atom stereocenters. The van der Waals surface area contributed by atoms with E-state index in [9.17, 15) is 4.79 Å². The van der Waals surface area contributed by atoms with Gasteiger partial charge in [-0.05, 0) is 37.1 Å². The number of rotatable bonds is 4. The van der Waals surface area contributed by atoms with Gasteiger partial charge in [-0.3, -0.25) is 0 Å². The minimum absolute atomic E-state index is 0.539. The van der Waals surface area contributed by atoms with Crippen LogP contribution in [0, 0.1) is 13.8 Å². The normalized spacial score (nSPS) is 12.2. The molecule has 0 amide bonds. The molecule has 0 aliphatic heterocycles. The summed E-state index contributed by atoms with van der Waals surface area (Å²) < 4.78 is 10.1. The molecule has 1 aromatic rings. The van der Waals surface area contributed by atoms with Crippen LogP contribution in [0.3, 0.4) is 0 Å². The largest absolute Gasteiger partial charge is 0.496 e. The molecule has 0 heterocycles. The van der Waals surface area contributed by atoms with Crippen molar-refractivity contribution in [3.63, 3.8) is 0 Å². The number of methoxy groups -OCH3 is 2. The van der Waals surface area contributed by atoms with Crippen molar-refractivity contribution in [1.29, 1.82) is 0 Å². The molecule has 0 fully saturated rings. The van der Waals surface area contributed by atoms with Gasteiger partial charge in [-0.2, -0.15) is 0 Å². The Bertz CT molecular complexity index is 398. The summed E-state index contributed by atoms with van der Waals surface area (Å²) in [6.45, 7) is 3.87. The van der Waals surface area contributed by atoms with Gasteiger partial charge < -0.3 is 14.6 Å². The fourth-order valence-electron chi connectivity index (χ4n) is 1.55. The predicted octanol–water partition coefficient (Wildman–Crippen LogP) is 2.08. The summed E-state index contributed by atoms with van der Waals surface area (Å²) in [6.07, 6.45) is -0.991. The zero-order valence-electron chi connectivity index (χ0n) is 9.90. The van der Waals surface area contributed by atoms with Gasteiger partial charge in [0, 0.05) is 12.7 Å². The molecule has 0 aromatic heterocycles. The van der Waals surface area contributed by atoms with E-state index < -0.39 is 12.1 Å². The number of ether oxygens (including phenoxy) is 2. The maximum Gasteiger partial charge on any atom is 0.337 e. The first kappa shape index (κ1) is 12.5. The van der Waals surface area contributed by atoms with Crippen molar-refractivity contribution < 1.29 is 19.4 Å². The third-order valence-corrected chi connectivity index (χ3v) is 2.59. The summed E-state index contributed by atoms with van der Waals surface area (Å²) in [7, 11) is 2.88. The average Bonchev–Trinajstić information content (AvgIpc) is 2.23. The van der Waals surface area contributed by atoms with E-state index in [0.29, 0.717) is 11.3 Å². The molecule has 0 saturated heterocycles. The van der Waals surface area contributed by atoms with Gasteiger partial charge in [0.2, 0.25) is 0 Å². The van der Waals surface area contributed by atoms with Crippen LogP contribution >= 0.6 is 0 Å². The van der Waals surface area contributed by atoms with Crippen LogP contribution < -0.4 is 4.74 Å². The van der Waals surface area contributed by atoms with E-state index in [2.05, 4.69) is 0 Å².